The van der Waals surface area contributed by atoms with Gasteiger partial charge in [-0.15, -0.1) is 0 Å². The quantitative estimate of drug-likeness (QED) is 0.517. The van der Waals surface area contributed by atoms with Crippen molar-refractivity contribution in [2.75, 3.05) is 54.6 Å². The molecule has 31 heavy (non-hydrogen) atoms. The number of ether oxygens (including phenoxy) is 3. The van der Waals surface area contributed by atoms with E-state index >= 15 is 0 Å². The largest absolute Gasteiger partial charge is 0.497 e. The molecule has 0 aromatic heterocycles. The Kier molecular flexibility index (Phi) is 8.55. The molecule has 2 aromatic rings. The molecule has 168 valence electrons. The standard InChI is InChI=1S/C24H34N4O3/c1-25-24(27(2)18-21-8-9-22(29-3)15-23(21)30-4)26-16-19-6-5-7-20(14-19)17-28-10-12-31-13-11-28/h5-9,14-15H,10-13,16-18H2,1-4H3,(H,25,26). The first-order valence-electron chi connectivity index (χ1n) is 10.6. The van der Waals surface area contributed by atoms with Crippen LogP contribution in [0.3, 0.4) is 0 Å². The molecule has 7 heteroatoms. The molecule has 0 atom stereocenters. The van der Waals surface area contributed by atoms with Gasteiger partial charge in [-0.2, -0.15) is 0 Å². The maximum Gasteiger partial charge on any atom is 0.193 e. The van der Waals surface area contributed by atoms with Gasteiger partial charge in [-0.25, -0.2) is 0 Å². The van der Waals surface area contributed by atoms with E-state index in [1.54, 1.807) is 21.3 Å². The highest BCUT2D eigenvalue weighted by atomic mass is 16.5. The molecular weight excluding hydrogens is 392 g/mol. The zero-order valence-corrected chi connectivity index (χ0v) is 19.1. The van der Waals surface area contributed by atoms with Crippen LogP contribution in [0.1, 0.15) is 16.7 Å². The van der Waals surface area contributed by atoms with E-state index in [9.17, 15) is 0 Å². The number of morpholine rings is 1. The molecule has 0 spiro atoms. The predicted molar refractivity (Wildman–Crippen MR) is 124 cm³/mol. The van der Waals surface area contributed by atoms with Crippen LogP contribution in [-0.2, 0) is 24.4 Å². The molecular formula is C24H34N4O3. The van der Waals surface area contributed by atoms with Crippen LogP contribution in [0.2, 0.25) is 0 Å². The number of hydrogen-bond donors (Lipinski definition) is 1. The molecule has 0 radical (unpaired) electrons. The molecule has 0 unspecified atom stereocenters. The molecule has 7 nitrogen and oxygen atoms in total. The molecule has 3 rings (SSSR count). The van der Waals surface area contributed by atoms with Gasteiger partial charge in [0.25, 0.3) is 0 Å². The molecule has 0 bridgehead atoms. The highest BCUT2D eigenvalue weighted by molar-refractivity contribution is 5.79. The summed E-state index contributed by atoms with van der Waals surface area (Å²) < 4.78 is 16.3. The van der Waals surface area contributed by atoms with Crippen molar-refractivity contribution in [3.63, 3.8) is 0 Å². The monoisotopic (exact) mass is 426 g/mol. The fraction of sp³-hybridized carbons (Fsp3) is 0.458. The Balaban J connectivity index is 1.58. The van der Waals surface area contributed by atoms with Crippen molar-refractivity contribution in [2.24, 2.45) is 4.99 Å². The number of rotatable bonds is 8. The summed E-state index contributed by atoms with van der Waals surface area (Å²) in [7, 11) is 7.16. The Hall–Kier alpha value is -2.77. The lowest BCUT2D eigenvalue weighted by molar-refractivity contribution is 0.0342. The Morgan fingerprint density at radius 3 is 2.58 bits per heavy atom. The fourth-order valence-electron chi connectivity index (χ4n) is 3.73. The van der Waals surface area contributed by atoms with Crippen molar-refractivity contribution in [3.8, 4) is 11.5 Å². The summed E-state index contributed by atoms with van der Waals surface area (Å²) in [5.74, 6) is 2.41. The third kappa shape index (κ3) is 6.60. The maximum absolute atomic E-state index is 5.53. The third-order valence-corrected chi connectivity index (χ3v) is 5.43. The van der Waals surface area contributed by atoms with Crippen LogP contribution in [0, 0.1) is 0 Å². The summed E-state index contributed by atoms with van der Waals surface area (Å²) in [4.78, 5) is 8.97. The van der Waals surface area contributed by atoms with E-state index < -0.39 is 0 Å². The molecule has 1 fully saturated rings. The molecule has 0 amide bonds. The van der Waals surface area contributed by atoms with E-state index in [1.807, 2.05) is 25.2 Å². The van der Waals surface area contributed by atoms with Gasteiger partial charge in [-0.1, -0.05) is 24.3 Å². The van der Waals surface area contributed by atoms with Crippen LogP contribution in [0.4, 0.5) is 0 Å². The lowest BCUT2D eigenvalue weighted by Crippen LogP contribution is -2.38. The van der Waals surface area contributed by atoms with Crippen molar-refractivity contribution in [2.45, 2.75) is 19.6 Å². The number of aliphatic imine (C=N–C) groups is 1. The van der Waals surface area contributed by atoms with Crippen molar-refractivity contribution in [3.05, 3.63) is 59.2 Å². The van der Waals surface area contributed by atoms with Crippen LogP contribution in [0.15, 0.2) is 47.5 Å². The summed E-state index contributed by atoms with van der Waals surface area (Å²) in [5, 5.41) is 3.47. The van der Waals surface area contributed by atoms with Crippen molar-refractivity contribution >= 4 is 5.96 Å². The highest BCUT2D eigenvalue weighted by Gasteiger charge is 2.13. The average molecular weight is 427 g/mol. The summed E-state index contributed by atoms with van der Waals surface area (Å²) >= 11 is 0. The second-order valence-electron chi connectivity index (χ2n) is 7.64. The number of nitrogens with zero attached hydrogens (tertiary/aromatic N) is 3. The molecule has 1 saturated heterocycles. The van der Waals surface area contributed by atoms with E-state index in [1.165, 1.54) is 11.1 Å². The predicted octanol–water partition coefficient (Wildman–Crippen LogP) is 2.74. The van der Waals surface area contributed by atoms with Crippen LogP contribution in [-0.4, -0.2) is 70.4 Å². The van der Waals surface area contributed by atoms with Gasteiger partial charge in [0.2, 0.25) is 0 Å². The van der Waals surface area contributed by atoms with Gasteiger partial charge in [-0.05, 0) is 23.3 Å². The zero-order valence-electron chi connectivity index (χ0n) is 19.1. The van der Waals surface area contributed by atoms with E-state index in [0.29, 0.717) is 13.1 Å². The number of methoxy groups -OCH3 is 2. The zero-order chi connectivity index (χ0) is 22.1. The van der Waals surface area contributed by atoms with Crippen LogP contribution < -0.4 is 14.8 Å². The number of hydrogen-bond acceptors (Lipinski definition) is 5. The Morgan fingerprint density at radius 1 is 1.10 bits per heavy atom. The summed E-state index contributed by atoms with van der Waals surface area (Å²) in [6.45, 7) is 5.98. The number of benzene rings is 2. The molecule has 0 saturated carbocycles. The lowest BCUT2D eigenvalue weighted by atomic mass is 10.1. The molecule has 1 heterocycles. The van der Waals surface area contributed by atoms with Crippen LogP contribution in [0.25, 0.3) is 0 Å². The maximum atomic E-state index is 5.53. The fourth-order valence-corrected chi connectivity index (χ4v) is 3.73. The molecule has 0 aliphatic carbocycles. The number of guanidine groups is 1. The normalized spacial score (nSPS) is 14.9. The van der Waals surface area contributed by atoms with Gasteiger partial charge >= 0.3 is 0 Å². The van der Waals surface area contributed by atoms with Crippen molar-refractivity contribution in [1.29, 1.82) is 0 Å². The summed E-state index contributed by atoms with van der Waals surface area (Å²) in [6.07, 6.45) is 0. The van der Waals surface area contributed by atoms with Gasteiger partial charge in [0.1, 0.15) is 11.5 Å². The average Bonchev–Trinajstić information content (AvgIpc) is 2.80. The molecule has 1 aliphatic heterocycles. The van der Waals surface area contributed by atoms with E-state index in [4.69, 9.17) is 14.2 Å². The van der Waals surface area contributed by atoms with E-state index in [0.717, 1.165) is 55.9 Å². The van der Waals surface area contributed by atoms with E-state index in [-0.39, 0.29) is 0 Å². The molecule has 1 N–H and O–H groups in total. The summed E-state index contributed by atoms with van der Waals surface area (Å²) in [5.41, 5.74) is 3.64. The van der Waals surface area contributed by atoms with Gasteiger partial charge in [-0.3, -0.25) is 9.89 Å². The van der Waals surface area contributed by atoms with Gasteiger partial charge in [0.15, 0.2) is 5.96 Å². The minimum Gasteiger partial charge on any atom is -0.497 e. The summed E-state index contributed by atoms with van der Waals surface area (Å²) in [6, 6.07) is 14.6. The minimum absolute atomic E-state index is 0.671. The SMILES string of the molecule is CN=C(NCc1cccc(CN2CCOCC2)c1)N(C)Cc1ccc(OC)cc1OC. The first-order valence-corrected chi connectivity index (χ1v) is 10.6. The highest BCUT2D eigenvalue weighted by Crippen LogP contribution is 2.25. The van der Waals surface area contributed by atoms with Crippen molar-refractivity contribution in [1.82, 2.24) is 15.1 Å². The minimum atomic E-state index is 0.671. The molecule has 2 aromatic carbocycles. The van der Waals surface area contributed by atoms with Crippen molar-refractivity contribution < 1.29 is 14.2 Å². The van der Waals surface area contributed by atoms with Crippen LogP contribution >= 0.6 is 0 Å². The topological polar surface area (TPSA) is 58.6 Å². The second-order valence-corrected chi connectivity index (χ2v) is 7.64. The smallest absolute Gasteiger partial charge is 0.193 e. The van der Waals surface area contributed by atoms with Crippen LogP contribution in [0.5, 0.6) is 11.5 Å². The van der Waals surface area contributed by atoms with Gasteiger partial charge in [0.05, 0.1) is 27.4 Å². The van der Waals surface area contributed by atoms with Gasteiger partial charge in [0, 0.05) is 58.4 Å². The Labute approximate surface area is 185 Å². The van der Waals surface area contributed by atoms with E-state index in [2.05, 4.69) is 44.4 Å². The second kappa shape index (κ2) is 11.6. The van der Waals surface area contributed by atoms with Gasteiger partial charge < -0.3 is 24.4 Å². The first kappa shape index (κ1) is 22.9. The first-order chi connectivity index (χ1) is 15.1. The lowest BCUT2D eigenvalue weighted by Gasteiger charge is -2.26. The number of nitrogens with one attached hydrogen (secondary N) is 1. The molecule has 1 aliphatic rings. The Bertz CT molecular complexity index is 866. The third-order valence-electron chi connectivity index (χ3n) is 5.43. The Morgan fingerprint density at radius 2 is 1.87 bits per heavy atom.